The zero-order valence-corrected chi connectivity index (χ0v) is 12.6. The molecule has 0 spiro atoms. The van der Waals surface area contributed by atoms with Gasteiger partial charge in [-0.25, -0.2) is 0 Å². The largest absolute Gasteiger partial charge is 0.496 e. The molecule has 1 aliphatic heterocycles. The molecule has 100 valence electrons. The first-order valence-electron chi connectivity index (χ1n) is 6.27. The molecule has 3 nitrogen and oxygen atoms in total. The Labute approximate surface area is 117 Å². The second-order valence-electron chi connectivity index (χ2n) is 4.88. The summed E-state index contributed by atoms with van der Waals surface area (Å²) in [5.74, 6) is 1.62. The maximum absolute atomic E-state index is 5.42. The van der Waals surface area contributed by atoms with Crippen molar-refractivity contribution >= 4 is 15.9 Å². The van der Waals surface area contributed by atoms with Gasteiger partial charge in [0.1, 0.15) is 5.75 Å². The lowest BCUT2D eigenvalue weighted by atomic mass is 10.1. The van der Waals surface area contributed by atoms with Crippen molar-refractivity contribution in [2.75, 3.05) is 33.9 Å². The number of methoxy groups -OCH3 is 1. The molecule has 0 bridgehead atoms. The lowest BCUT2D eigenvalue weighted by molar-refractivity contribution is 0.172. The van der Waals surface area contributed by atoms with Gasteiger partial charge in [0.2, 0.25) is 0 Å². The van der Waals surface area contributed by atoms with Gasteiger partial charge in [0.05, 0.1) is 13.7 Å². The number of nitrogens with zero attached hydrogens (tertiary/aromatic N) is 1. The summed E-state index contributed by atoms with van der Waals surface area (Å²) in [5.41, 5.74) is 1.22. The molecule has 1 aliphatic rings. The molecule has 4 heteroatoms. The maximum Gasteiger partial charge on any atom is 0.124 e. The number of hydrogen-bond donors (Lipinski definition) is 0. The Balaban J connectivity index is 1.95. The Bertz CT molecular complexity index is 391. The lowest BCUT2D eigenvalue weighted by Gasteiger charge is -2.21. The SMILES string of the molecule is COc1cc(Br)ccc1CN(C)C[C@@H]1CCOC1. The molecule has 18 heavy (non-hydrogen) atoms. The molecule has 2 rings (SSSR count). The third-order valence-corrected chi connectivity index (χ3v) is 3.78. The summed E-state index contributed by atoms with van der Waals surface area (Å²) >= 11 is 3.46. The van der Waals surface area contributed by atoms with E-state index in [1.54, 1.807) is 7.11 Å². The third kappa shape index (κ3) is 3.70. The van der Waals surface area contributed by atoms with Crippen LogP contribution in [0.5, 0.6) is 5.75 Å². The average molecular weight is 314 g/mol. The summed E-state index contributed by atoms with van der Waals surface area (Å²) in [6.07, 6.45) is 1.18. The highest BCUT2D eigenvalue weighted by Gasteiger charge is 2.18. The van der Waals surface area contributed by atoms with Crippen molar-refractivity contribution in [3.63, 3.8) is 0 Å². The van der Waals surface area contributed by atoms with E-state index in [9.17, 15) is 0 Å². The minimum atomic E-state index is 0.677. The normalized spacial score (nSPS) is 19.4. The van der Waals surface area contributed by atoms with Crippen LogP contribution in [-0.4, -0.2) is 38.8 Å². The molecule has 1 aromatic rings. The maximum atomic E-state index is 5.42. The van der Waals surface area contributed by atoms with Gasteiger partial charge < -0.3 is 14.4 Å². The van der Waals surface area contributed by atoms with E-state index < -0.39 is 0 Å². The highest BCUT2D eigenvalue weighted by Crippen LogP contribution is 2.25. The van der Waals surface area contributed by atoms with Crippen molar-refractivity contribution in [3.05, 3.63) is 28.2 Å². The van der Waals surface area contributed by atoms with Gasteiger partial charge in [0, 0.05) is 29.7 Å². The molecule has 0 radical (unpaired) electrons. The Morgan fingerprint density at radius 2 is 2.33 bits per heavy atom. The molecule has 0 N–H and O–H groups in total. The highest BCUT2D eigenvalue weighted by molar-refractivity contribution is 9.10. The summed E-state index contributed by atoms with van der Waals surface area (Å²) in [5, 5.41) is 0. The van der Waals surface area contributed by atoms with Crippen molar-refractivity contribution < 1.29 is 9.47 Å². The molecule has 1 aromatic carbocycles. The first-order chi connectivity index (χ1) is 8.69. The van der Waals surface area contributed by atoms with E-state index in [1.165, 1.54) is 12.0 Å². The van der Waals surface area contributed by atoms with Gasteiger partial charge >= 0.3 is 0 Å². The Morgan fingerprint density at radius 3 is 3.00 bits per heavy atom. The summed E-state index contributed by atoms with van der Waals surface area (Å²) in [4.78, 5) is 2.34. The molecule has 0 amide bonds. The number of rotatable bonds is 5. The van der Waals surface area contributed by atoms with Crippen LogP contribution in [0.3, 0.4) is 0 Å². The van der Waals surface area contributed by atoms with Crippen LogP contribution >= 0.6 is 15.9 Å². The van der Waals surface area contributed by atoms with Crippen LogP contribution in [0.25, 0.3) is 0 Å². The van der Waals surface area contributed by atoms with Crippen molar-refractivity contribution in [2.24, 2.45) is 5.92 Å². The van der Waals surface area contributed by atoms with Crippen molar-refractivity contribution in [3.8, 4) is 5.75 Å². The number of benzene rings is 1. The first kappa shape index (κ1) is 13.8. The fourth-order valence-corrected chi connectivity index (χ4v) is 2.71. The van der Waals surface area contributed by atoms with E-state index in [1.807, 2.05) is 6.07 Å². The number of hydrogen-bond acceptors (Lipinski definition) is 3. The van der Waals surface area contributed by atoms with Crippen LogP contribution in [0.4, 0.5) is 0 Å². The van der Waals surface area contributed by atoms with Gasteiger partial charge in [-0.05, 0) is 31.5 Å². The van der Waals surface area contributed by atoms with Crippen LogP contribution in [0, 0.1) is 5.92 Å². The number of ether oxygens (including phenoxy) is 2. The minimum absolute atomic E-state index is 0.677. The van der Waals surface area contributed by atoms with Gasteiger partial charge in [0.15, 0.2) is 0 Å². The standard InChI is InChI=1S/C14H20BrNO2/c1-16(8-11-5-6-18-10-11)9-12-3-4-13(15)7-14(12)17-2/h3-4,7,11H,5-6,8-10H2,1-2H3/t11-/m0/s1. The van der Waals surface area contributed by atoms with Gasteiger partial charge in [0.25, 0.3) is 0 Å². The van der Waals surface area contributed by atoms with E-state index >= 15 is 0 Å². The fourth-order valence-electron chi connectivity index (χ4n) is 2.37. The molecule has 0 saturated carbocycles. The van der Waals surface area contributed by atoms with E-state index in [2.05, 4.69) is 40.0 Å². The fraction of sp³-hybridized carbons (Fsp3) is 0.571. The summed E-state index contributed by atoms with van der Waals surface area (Å²) in [6, 6.07) is 6.19. The summed E-state index contributed by atoms with van der Waals surface area (Å²) in [7, 11) is 3.87. The van der Waals surface area contributed by atoms with Crippen LogP contribution < -0.4 is 4.74 Å². The number of halogens is 1. The molecular formula is C14H20BrNO2. The van der Waals surface area contributed by atoms with Gasteiger partial charge in [-0.15, -0.1) is 0 Å². The molecule has 0 aliphatic carbocycles. The molecule has 0 unspecified atom stereocenters. The second kappa shape index (κ2) is 6.55. The highest BCUT2D eigenvalue weighted by atomic mass is 79.9. The molecule has 0 aromatic heterocycles. The van der Waals surface area contributed by atoms with Gasteiger partial charge in [-0.3, -0.25) is 0 Å². The Kier molecular flexibility index (Phi) is 5.03. The molecule has 1 atom stereocenters. The van der Waals surface area contributed by atoms with Gasteiger partial charge in [-0.1, -0.05) is 22.0 Å². The molecule has 1 fully saturated rings. The first-order valence-corrected chi connectivity index (χ1v) is 7.07. The quantitative estimate of drug-likeness (QED) is 0.834. The lowest BCUT2D eigenvalue weighted by Crippen LogP contribution is -2.25. The van der Waals surface area contributed by atoms with E-state index in [4.69, 9.17) is 9.47 Å². The van der Waals surface area contributed by atoms with Crippen molar-refractivity contribution in [2.45, 2.75) is 13.0 Å². The third-order valence-electron chi connectivity index (χ3n) is 3.28. The van der Waals surface area contributed by atoms with Crippen LogP contribution in [0.2, 0.25) is 0 Å². The van der Waals surface area contributed by atoms with E-state index in [0.29, 0.717) is 5.92 Å². The van der Waals surface area contributed by atoms with Crippen LogP contribution in [0.1, 0.15) is 12.0 Å². The predicted molar refractivity (Wildman–Crippen MR) is 76.0 cm³/mol. The summed E-state index contributed by atoms with van der Waals surface area (Å²) in [6.45, 7) is 3.81. The Hall–Kier alpha value is -0.580. The van der Waals surface area contributed by atoms with Crippen LogP contribution in [0.15, 0.2) is 22.7 Å². The van der Waals surface area contributed by atoms with E-state index in [0.717, 1.165) is 36.5 Å². The Morgan fingerprint density at radius 1 is 1.50 bits per heavy atom. The minimum Gasteiger partial charge on any atom is -0.496 e. The average Bonchev–Trinajstić information content (AvgIpc) is 2.84. The van der Waals surface area contributed by atoms with Gasteiger partial charge in [-0.2, -0.15) is 0 Å². The van der Waals surface area contributed by atoms with Crippen molar-refractivity contribution in [1.82, 2.24) is 4.90 Å². The monoisotopic (exact) mass is 313 g/mol. The van der Waals surface area contributed by atoms with E-state index in [-0.39, 0.29) is 0 Å². The predicted octanol–water partition coefficient (Wildman–Crippen LogP) is 2.93. The zero-order chi connectivity index (χ0) is 13.0. The van der Waals surface area contributed by atoms with Crippen molar-refractivity contribution in [1.29, 1.82) is 0 Å². The smallest absolute Gasteiger partial charge is 0.124 e. The molecular weight excluding hydrogens is 294 g/mol. The van der Waals surface area contributed by atoms with Crippen LogP contribution in [-0.2, 0) is 11.3 Å². The topological polar surface area (TPSA) is 21.7 Å². The second-order valence-corrected chi connectivity index (χ2v) is 5.80. The zero-order valence-electron chi connectivity index (χ0n) is 11.0. The summed E-state index contributed by atoms with van der Waals surface area (Å²) < 4.78 is 11.9. The molecule has 1 heterocycles. The molecule has 1 saturated heterocycles.